The lowest BCUT2D eigenvalue weighted by Crippen LogP contribution is -2.31. The first-order chi connectivity index (χ1) is 3.56. The van der Waals surface area contributed by atoms with Gasteiger partial charge in [-0.05, 0) is 6.92 Å². The first-order valence-electron chi connectivity index (χ1n) is 3.02. The van der Waals surface area contributed by atoms with Crippen LogP contribution in [0.3, 0.4) is 0 Å². The van der Waals surface area contributed by atoms with Crippen molar-refractivity contribution in [2.45, 2.75) is 26.6 Å². The van der Waals surface area contributed by atoms with Gasteiger partial charge in [0.25, 0.3) is 0 Å². The van der Waals surface area contributed by atoms with Gasteiger partial charge in [-0.15, -0.1) is 0 Å². The first kappa shape index (κ1) is 8.39. The van der Waals surface area contributed by atoms with Crippen LogP contribution in [0.1, 0.15) is 6.92 Å². The maximum atomic E-state index is 5.34. The van der Waals surface area contributed by atoms with Crippen LogP contribution < -0.4 is 0 Å². The maximum Gasteiger partial charge on any atom is 0.178 e. The largest absolute Gasteiger partial charge is 0.425 e. The molecule has 8 heavy (non-hydrogen) atoms. The highest BCUT2D eigenvalue weighted by molar-refractivity contribution is 7.20. The molecule has 0 unspecified atom stereocenters. The van der Waals surface area contributed by atoms with Crippen LogP contribution in [0.5, 0.6) is 0 Å². The average molecular weight is 147 g/mol. The lowest BCUT2D eigenvalue weighted by atomic mass is 10.9. The molecule has 0 saturated heterocycles. The molecule has 1 radical (unpaired) electrons. The highest BCUT2D eigenvalue weighted by atomic mass is 29.2. The Kier molecular flexibility index (Phi) is 3.59. The molecule has 0 aliphatic carbocycles. The van der Waals surface area contributed by atoms with Crippen molar-refractivity contribution in [3.63, 3.8) is 0 Å². The highest BCUT2D eigenvalue weighted by Gasteiger charge is 2.13. The second kappa shape index (κ2) is 3.43. The van der Waals surface area contributed by atoms with Crippen LogP contribution in [0.2, 0.25) is 19.6 Å². The fraction of sp³-hybridized carbons (Fsp3) is 1.00. The molecule has 0 spiro atoms. The minimum atomic E-state index is -0.817. The predicted molar refractivity (Wildman–Crippen MR) is 42.1 cm³/mol. The maximum absolute atomic E-state index is 5.34. The molecule has 3 heteroatoms. The monoisotopic (exact) mass is 147 g/mol. The molecule has 0 saturated carbocycles. The summed E-state index contributed by atoms with van der Waals surface area (Å²) in [5.41, 5.74) is 0. The van der Waals surface area contributed by atoms with E-state index in [1.807, 2.05) is 0 Å². The van der Waals surface area contributed by atoms with Gasteiger partial charge in [0.05, 0.1) is 7.59 Å². The Morgan fingerprint density at radius 1 is 1.38 bits per heavy atom. The summed E-state index contributed by atoms with van der Waals surface area (Å²) < 4.78 is 5.34. The zero-order valence-corrected chi connectivity index (χ0v) is 8.35. The topological polar surface area (TPSA) is 9.23 Å². The van der Waals surface area contributed by atoms with Gasteiger partial charge in [0.15, 0.2) is 9.28 Å². The fourth-order valence-electron chi connectivity index (χ4n) is 0.333. The van der Waals surface area contributed by atoms with E-state index in [0.29, 0.717) is 9.28 Å². The van der Waals surface area contributed by atoms with Gasteiger partial charge in [0.1, 0.15) is 0 Å². The lowest BCUT2D eigenvalue weighted by molar-refractivity contribution is 0.369. The summed E-state index contributed by atoms with van der Waals surface area (Å²) in [4.78, 5) is 0. The summed E-state index contributed by atoms with van der Waals surface area (Å²) in [6, 6.07) is 0. The molecule has 0 heterocycles. The molecule has 0 bridgehead atoms. The van der Waals surface area contributed by atoms with Crippen molar-refractivity contribution in [3.8, 4) is 0 Å². The Morgan fingerprint density at radius 2 is 1.88 bits per heavy atom. The van der Waals surface area contributed by atoms with Gasteiger partial charge in [-0.25, -0.2) is 0 Å². The molecule has 0 rings (SSSR count). The lowest BCUT2D eigenvalue weighted by Gasteiger charge is -2.12. The van der Waals surface area contributed by atoms with Gasteiger partial charge in [0.2, 0.25) is 0 Å². The van der Waals surface area contributed by atoms with Crippen LogP contribution in [0.4, 0.5) is 0 Å². The molecule has 0 amide bonds. The van der Waals surface area contributed by atoms with E-state index in [1.165, 1.54) is 0 Å². The van der Waals surface area contributed by atoms with Crippen molar-refractivity contribution >= 4 is 16.9 Å². The summed E-state index contributed by atoms with van der Waals surface area (Å²) in [6.45, 7) is 10.0. The van der Waals surface area contributed by atoms with E-state index >= 15 is 0 Å². The first-order valence-corrected chi connectivity index (χ1v) is 8.80. The van der Waals surface area contributed by atoms with Crippen LogP contribution in [0.25, 0.3) is 0 Å². The van der Waals surface area contributed by atoms with Gasteiger partial charge in [-0.3, -0.25) is 0 Å². The van der Waals surface area contributed by atoms with Crippen LogP contribution >= 0.6 is 0 Å². The molecular weight excluding hydrogens is 132 g/mol. The summed E-state index contributed by atoms with van der Waals surface area (Å²) in [7, 11) is -0.483. The molecule has 0 N–H and O–H groups in total. The zero-order chi connectivity index (χ0) is 6.62. The van der Waals surface area contributed by atoms with Gasteiger partial charge < -0.3 is 4.43 Å². The third kappa shape index (κ3) is 6.39. The van der Waals surface area contributed by atoms with E-state index in [1.54, 1.807) is 0 Å². The Morgan fingerprint density at radius 3 is 2.00 bits per heavy atom. The van der Waals surface area contributed by atoms with Crippen molar-refractivity contribution in [1.29, 1.82) is 0 Å². The van der Waals surface area contributed by atoms with E-state index < -0.39 is 7.59 Å². The second-order valence-corrected chi connectivity index (χ2v) is 14.1. The standard InChI is InChI=1S/C5H15OSi2/c1-5-6-7-8(2,3)4/h7H,5H2,1-4H3. The molecule has 49 valence electrons. The highest BCUT2D eigenvalue weighted by Crippen LogP contribution is 1.96. The smallest absolute Gasteiger partial charge is 0.178 e. The summed E-state index contributed by atoms with van der Waals surface area (Å²) >= 11 is 0. The minimum Gasteiger partial charge on any atom is -0.425 e. The molecule has 0 aromatic carbocycles. The molecule has 1 nitrogen and oxygen atoms in total. The predicted octanol–water partition coefficient (Wildman–Crippen LogP) is 1.21. The van der Waals surface area contributed by atoms with Crippen LogP contribution in [-0.4, -0.2) is 23.5 Å². The van der Waals surface area contributed by atoms with Crippen LogP contribution in [0.15, 0.2) is 0 Å². The molecule has 0 aliphatic rings. The van der Waals surface area contributed by atoms with E-state index in [0.717, 1.165) is 6.61 Å². The van der Waals surface area contributed by atoms with Crippen molar-refractivity contribution < 1.29 is 4.43 Å². The van der Waals surface area contributed by atoms with Gasteiger partial charge >= 0.3 is 0 Å². The molecule has 0 aromatic rings. The van der Waals surface area contributed by atoms with E-state index in [4.69, 9.17) is 4.43 Å². The van der Waals surface area contributed by atoms with Gasteiger partial charge in [-0.1, -0.05) is 19.6 Å². The van der Waals surface area contributed by atoms with E-state index in [-0.39, 0.29) is 0 Å². The van der Waals surface area contributed by atoms with Crippen LogP contribution in [0, 0.1) is 0 Å². The van der Waals surface area contributed by atoms with E-state index in [2.05, 4.69) is 26.6 Å². The molecule has 0 aromatic heterocycles. The van der Waals surface area contributed by atoms with Gasteiger partial charge in [0, 0.05) is 6.61 Å². The summed E-state index contributed by atoms with van der Waals surface area (Å²) in [6.07, 6.45) is 0. The van der Waals surface area contributed by atoms with Crippen molar-refractivity contribution in [2.24, 2.45) is 0 Å². The average Bonchev–Trinajstić information content (AvgIpc) is 1.59. The SMILES string of the molecule is CCO[SiH][Si](C)(C)C. The Labute approximate surface area is 55.2 Å². The Bertz CT molecular complexity index is 57.9. The number of hydrogen-bond acceptors (Lipinski definition) is 1. The zero-order valence-electron chi connectivity index (χ0n) is 6.19. The third-order valence-electron chi connectivity index (χ3n) is 0.604. The molecular formula is C5H15OSi2. The second-order valence-electron chi connectivity index (χ2n) is 2.94. The summed E-state index contributed by atoms with van der Waals surface area (Å²) in [5.74, 6) is 0. The van der Waals surface area contributed by atoms with Crippen molar-refractivity contribution in [1.82, 2.24) is 0 Å². The molecule has 0 atom stereocenters. The fourth-order valence-corrected chi connectivity index (χ4v) is 3.00. The Hall–Kier alpha value is 0.394. The quantitative estimate of drug-likeness (QED) is 0.545. The normalized spacial score (nSPS) is 12.0. The Balaban J connectivity index is 3.11. The van der Waals surface area contributed by atoms with Crippen molar-refractivity contribution in [2.75, 3.05) is 6.61 Å². The third-order valence-corrected chi connectivity index (χ3v) is 4.43. The van der Waals surface area contributed by atoms with E-state index in [9.17, 15) is 0 Å². The number of rotatable bonds is 3. The van der Waals surface area contributed by atoms with Gasteiger partial charge in [-0.2, -0.15) is 0 Å². The number of hydrogen-bond donors (Lipinski definition) is 0. The molecule has 0 fully saturated rings. The van der Waals surface area contributed by atoms with Crippen LogP contribution in [-0.2, 0) is 4.43 Å². The minimum absolute atomic E-state index is 0.334. The molecule has 0 aliphatic heterocycles. The van der Waals surface area contributed by atoms with Crippen molar-refractivity contribution in [3.05, 3.63) is 0 Å². The summed E-state index contributed by atoms with van der Waals surface area (Å²) in [5, 5.41) is 0.